The zero-order valence-corrected chi connectivity index (χ0v) is 14.9. The van der Waals surface area contributed by atoms with Crippen molar-refractivity contribution in [3.8, 4) is 0 Å². The van der Waals surface area contributed by atoms with Gasteiger partial charge in [0.15, 0.2) is 5.65 Å². The first kappa shape index (κ1) is 15.6. The molecule has 5 nitrogen and oxygen atoms in total. The van der Waals surface area contributed by atoms with Crippen LogP contribution in [0.5, 0.6) is 0 Å². The first-order valence-corrected chi connectivity index (χ1v) is 9.03. The third-order valence-electron chi connectivity index (χ3n) is 5.71. The average molecular weight is 326 g/mol. The highest BCUT2D eigenvalue weighted by Crippen LogP contribution is 2.45. The average Bonchev–Trinajstić information content (AvgIpc) is 3.26. The second-order valence-electron chi connectivity index (χ2n) is 8.60. The topological polar surface area (TPSA) is 50.5 Å². The summed E-state index contributed by atoms with van der Waals surface area (Å²) in [5.41, 5.74) is 1.84. The molecule has 0 aromatic carbocycles. The van der Waals surface area contributed by atoms with Crippen molar-refractivity contribution < 1.29 is 4.79 Å². The summed E-state index contributed by atoms with van der Waals surface area (Å²) in [4.78, 5) is 15.0. The summed E-state index contributed by atoms with van der Waals surface area (Å²) < 4.78 is 1.97. The quantitative estimate of drug-likeness (QED) is 0.806. The fraction of sp³-hybridized carbons (Fsp3) is 0.632. The van der Waals surface area contributed by atoms with E-state index in [1.165, 1.54) is 32.1 Å². The van der Waals surface area contributed by atoms with E-state index in [2.05, 4.69) is 31.0 Å². The van der Waals surface area contributed by atoms with Gasteiger partial charge in [-0.2, -0.15) is 0 Å². The molecule has 1 aliphatic carbocycles. The maximum atomic E-state index is 13.0. The highest BCUT2D eigenvalue weighted by molar-refractivity contribution is 5.94. The van der Waals surface area contributed by atoms with Crippen LogP contribution in [0.4, 0.5) is 0 Å². The SMILES string of the molecule is CC(C)(C)c1nnc2ccc(C(=O)N3CCC4(CCCC4)C3)cn12. The van der Waals surface area contributed by atoms with Gasteiger partial charge >= 0.3 is 0 Å². The summed E-state index contributed by atoms with van der Waals surface area (Å²) in [6, 6.07) is 3.79. The van der Waals surface area contributed by atoms with Gasteiger partial charge in [0.25, 0.3) is 5.91 Å². The first-order chi connectivity index (χ1) is 11.4. The summed E-state index contributed by atoms with van der Waals surface area (Å²) >= 11 is 0. The van der Waals surface area contributed by atoms with E-state index in [1.54, 1.807) is 0 Å². The van der Waals surface area contributed by atoms with Crippen LogP contribution in [0.2, 0.25) is 0 Å². The van der Waals surface area contributed by atoms with Gasteiger partial charge in [-0.3, -0.25) is 9.20 Å². The van der Waals surface area contributed by atoms with Gasteiger partial charge in [0.2, 0.25) is 0 Å². The van der Waals surface area contributed by atoms with Crippen LogP contribution in [0.25, 0.3) is 5.65 Å². The molecule has 4 rings (SSSR count). The Labute approximate surface area is 143 Å². The van der Waals surface area contributed by atoms with E-state index in [0.717, 1.165) is 30.1 Å². The van der Waals surface area contributed by atoms with Crippen LogP contribution in [0.15, 0.2) is 18.3 Å². The number of nitrogens with zero attached hydrogens (tertiary/aromatic N) is 4. The lowest BCUT2D eigenvalue weighted by Gasteiger charge is -2.23. The molecule has 2 aromatic rings. The summed E-state index contributed by atoms with van der Waals surface area (Å²) in [7, 11) is 0. The molecule has 0 radical (unpaired) electrons. The zero-order valence-electron chi connectivity index (χ0n) is 14.9. The number of hydrogen-bond acceptors (Lipinski definition) is 3. The van der Waals surface area contributed by atoms with Gasteiger partial charge in [0.05, 0.1) is 5.56 Å². The van der Waals surface area contributed by atoms with Crippen molar-refractivity contribution in [1.29, 1.82) is 0 Å². The standard InChI is InChI=1S/C19H26N4O/c1-18(2,3)17-21-20-15-7-6-14(12-23(15)17)16(24)22-11-10-19(13-22)8-4-5-9-19/h6-7,12H,4-5,8-11,13H2,1-3H3. The zero-order chi connectivity index (χ0) is 16.9. The Bertz CT molecular complexity index is 780. The molecule has 1 amide bonds. The van der Waals surface area contributed by atoms with Gasteiger partial charge in [-0.05, 0) is 36.8 Å². The van der Waals surface area contributed by atoms with E-state index in [9.17, 15) is 4.79 Å². The molecule has 1 saturated heterocycles. The van der Waals surface area contributed by atoms with Crippen LogP contribution in [0.1, 0.15) is 69.1 Å². The molecule has 2 fully saturated rings. The summed E-state index contributed by atoms with van der Waals surface area (Å²) in [5, 5.41) is 8.54. The van der Waals surface area contributed by atoms with Crippen LogP contribution in [0, 0.1) is 5.41 Å². The maximum absolute atomic E-state index is 13.0. The lowest BCUT2D eigenvalue weighted by Crippen LogP contribution is -2.31. The smallest absolute Gasteiger partial charge is 0.255 e. The third kappa shape index (κ3) is 2.50. The highest BCUT2D eigenvalue weighted by Gasteiger charge is 2.41. The first-order valence-electron chi connectivity index (χ1n) is 9.03. The molecule has 1 saturated carbocycles. The number of fused-ring (bicyclic) bond motifs is 1. The molecule has 5 heteroatoms. The highest BCUT2D eigenvalue weighted by atomic mass is 16.2. The molecular weight excluding hydrogens is 300 g/mol. The molecule has 128 valence electrons. The van der Waals surface area contributed by atoms with Crippen LogP contribution in [-0.2, 0) is 5.41 Å². The van der Waals surface area contributed by atoms with Crippen molar-refractivity contribution in [3.63, 3.8) is 0 Å². The molecule has 0 N–H and O–H groups in total. The van der Waals surface area contributed by atoms with Gasteiger partial charge in [-0.15, -0.1) is 10.2 Å². The van der Waals surface area contributed by atoms with Crippen molar-refractivity contribution in [2.45, 2.75) is 58.3 Å². The summed E-state index contributed by atoms with van der Waals surface area (Å²) in [6.07, 6.45) is 8.30. The van der Waals surface area contributed by atoms with E-state index >= 15 is 0 Å². The van der Waals surface area contributed by atoms with Gasteiger partial charge in [-0.1, -0.05) is 33.6 Å². The Kier molecular flexibility index (Phi) is 3.44. The Balaban J connectivity index is 1.63. The number of aromatic nitrogens is 3. The predicted octanol–water partition coefficient (Wildman–Crippen LogP) is 3.43. The number of amides is 1. The lowest BCUT2D eigenvalue weighted by molar-refractivity contribution is 0.0772. The molecular formula is C19H26N4O. The van der Waals surface area contributed by atoms with Crippen molar-refractivity contribution in [2.75, 3.05) is 13.1 Å². The largest absolute Gasteiger partial charge is 0.338 e. The molecule has 1 aliphatic heterocycles. The number of hydrogen-bond donors (Lipinski definition) is 0. The molecule has 1 spiro atoms. The fourth-order valence-corrected chi connectivity index (χ4v) is 4.35. The molecule has 0 bridgehead atoms. The molecule has 2 aromatic heterocycles. The molecule has 24 heavy (non-hydrogen) atoms. The maximum Gasteiger partial charge on any atom is 0.255 e. The van der Waals surface area contributed by atoms with E-state index in [0.29, 0.717) is 5.41 Å². The number of carbonyl (C=O) groups is 1. The summed E-state index contributed by atoms with van der Waals surface area (Å²) in [6.45, 7) is 8.16. The lowest BCUT2D eigenvalue weighted by atomic mass is 9.86. The minimum absolute atomic E-state index is 0.108. The number of rotatable bonds is 1. The summed E-state index contributed by atoms with van der Waals surface area (Å²) in [5.74, 6) is 1.04. The number of pyridine rings is 1. The van der Waals surface area contributed by atoms with Gasteiger partial charge < -0.3 is 4.90 Å². The van der Waals surface area contributed by atoms with Gasteiger partial charge in [0.1, 0.15) is 5.82 Å². The van der Waals surface area contributed by atoms with Crippen LogP contribution >= 0.6 is 0 Å². The van der Waals surface area contributed by atoms with Gasteiger partial charge in [-0.25, -0.2) is 0 Å². The van der Waals surface area contributed by atoms with Crippen molar-refractivity contribution in [3.05, 3.63) is 29.7 Å². The predicted molar refractivity (Wildman–Crippen MR) is 93.1 cm³/mol. The van der Waals surface area contributed by atoms with Crippen LogP contribution in [0.3, 0.4) is 0 Å². The number of carbonyl (C=O) groups excluding carboxylic acids is 1. The number of likely N-dealkylation sites (tertiary alicyclic amines) is 1. The second kappa shape index (κ2) is 5.30. The minimum atomic E-state index is -0.108. The van der Waals surface area contributed by atoms with Crippen molar-refractivity contribution in [1.82, 2.24) is 19.5 Å². The van der Waals surface area contributed by atoms with Crippen LogP contribution < -0.4 is 0 Å². The molecule has 0 atom stereocenters. The normalized spacial score (nSPS) is 20.4. The van der Waals surface area contributed by atoms with Crippen molar-refractivity contribution in [2.24, 2.45) is 5.41 Å². The Morgan fingerprint density at radius 2 is 1.88 bits per heavy atom. The van der Waals surface area contributed by atoms with E-state index in [4.69, 9.17) is 0 Å². The van der Waals surface area contributed by atoms with Gasteiger partial charge in [0, 0.05) is 24.7 Å². The monoisotopic (exact) mass is 326 g/mol. The molecule has 2 aliphatic rings. The van der Waals surface area contributed by atoms with E-state index in [1.807, 2.05) is 27.6 Å². The molecule has 0 unspecified atom stereocenters. The van der Waals surface area contributed by atoms with E-state index in [-0.39, 0.29) is 11.3 Å². The van der Waals surface area contributed by atoms with Crippen LogP contribution in [-0.4, -0.2) is 38.5 Å². The third-order valence-corrected chi connectivity index (χ3v) is 5.71. The minimum Gasteiger partial charge on any atom is -0.338 e. The second-order valence-corrected chi connectivity index (χ2v) is 8.60. The Morgan fingerprint density at radius 3 is 2.58 bits per heavy atom. The fourth-order valence-electron chi connectivity index (χ4n) is 4.35. The Morgan fingerprint density at radius 1 is 1.12 bits per heavy atom. The Hall–Kier alpha value is -1.91. The van der Waals surface area contributed by atoms with Crippen molar-refractivity contribution >= 4 is 11.6 Å². The molecule has 3 heterocycles. The van der Waals surface area contributed by atoms with E-state index < -0.39 is 0 Å².